The number of carbonyl (C=O) groups excluding carboxylic acids is 7. The number of benzene rings is 1. The van der Waals surface area contributed by atoms with Crippen LogP contribution in [0.15, 0.2) is 30.3 Å². The van der Waals surface area contributed by atoms with Crippen LogP contribution in [0.1, 0.15) is 65.4 Å². The van der Waals surface area contributed by atoms with Crippen LogP contribution in [-0.4, -0.2) is 125 Å². The predicted molar refractivity (Wildman–Crippen MR) is 192 cm³/mol. The third kappa shape index (κ3) is 12.5. The Morgan fingerprint density at radius 1 is 0.736 bits per heavy atom. The van der Waals surface area contributed by atoms with Gasteiger partial charge >= 0.3 is 5.97 Å². The number of hydrogen-bond acceptors (Lipinski definition) is 9. The molecule has 292 valence electrons. The van der Waals surface area contributed by atoms with Gasteiger partial charge in [-0.3, -0.25) is 33.6 Å². The first-order valence-electron chi connectivity index (χ1n) is 18.1. The molecule has 2 fully saturated rings. The van der Waals surface area contributed by atoms with Gasteiger partial charge in [-0.1, -0.05) is 58.0 Å². The molecule has 8 N–H and O–H groups in total. The summed E-state index contributed by atoms with van der Waals surface area (Å²) in [5.41, 5.74) is 6.14. The highest BCUT2D eigenvalue weighted by Gasteiger charge is 2.40. The van der Waals surface area contributed by atoms with E-state index in [4.69, 9.17) is 5.73 Å². The lowest BCUT2D eigenvalue weighted by atomic mass is 10.0. The molecule has 2 saturated heterocycles. The molecule has 7 amide bonds. The fourth-order valence-electron chi connectivity index (χ4n) is 6.53. The molecule has 3 rings (SSSR count). The van der Waals surface area contributed by atoms with Crippen LogP contribution >= 0.6 is 0 Å². The number of nitrogens with two attached hydrogens (primary N) is 1. The molecule has 0 radical (unpaired) electrons. The number of carboxylic acids is 1. The lowest BCUT2D eigenvalue weighted by molar-refractivity contribution is -0.143. The van der Waals surface area contributed by atoms with Gasteiger partial charge in [-0.2, -0.15) is 0 Å². The lowest BCUT2D eigenvalue weighted by Crippen LogP contribution is -2.57. The normalized spacial score (nSPS) is 18.5. The number of carbonyl (C=O) groups is 8. The van der Waals surface area contributed by atoms with E-state index in [-0.39, 0.29) is 31.3 Å². The van der Waals surface area contributed by atoms with Gasteiger partial charge in [0.25, 0.3) is 0 Å². The second kappa shape index (κ2) is 20.3. The van der Waals surface area contributed by atoms with Crippen LogP contribution in [0.2, 0.25) is 0 Å². The Morgan fingerprint density at radius 3 is 1.74 bits per heavy atom. The molecule has 0 aliphatic carbocycles. The summed E-state index contributed by atoms with van der Waals surface area (Å²) < 4.78 is 0. The van der Waals surface area contributed by atoms with Crippen molar-refractivity contribution in [3.63, 3.8) is 0 Å². The number of nitrogens with zero attached hydrogens (tertiary/aromatic N) is 2. The zero-order valence-electron chi connectivity index (χ0n) is 30.9. The molecule has 53 heavy (non-hydrogen) atoms. The predicted octanol–water partition coefficient (Wildman–Crippen LogP) is -1.36. The Labute approximate surface area is 309 Å². The van der Waals surface area contributed by atoms with Gasteiger partial charge in [-0.25, -0.2) is 4.79 Å². The third-order valence-electron chi connectivity index (χ3n) is 9.21. The van der Waals surface area contributed by atoms with Crippen LogP contribution in [0, 0.1) is 11.8 Å². The number of likely N-dealkylation sites (tertiary alicyclic amines) is 2. The Bertz CT molecular complexity index is 1490. The number of aliphatic carboxylic acids is 1. The fourth-order valence-corrected chi connectivity index (χ4v) is 6.53. The van der Waals surface area contributed by atoms with Crippen LogP contribution in [0.3, 0.4) is 0 Å². The second-order valence-corrected chi connectivity index (χ2v) is 14.2. The van der Waals surface area contributed by atoms with E-state index in [0.717, 1.165) is 0 Å². The van der Waals surface area contributed by atoms with E-state index in [0.29, 0.717) is 44.2 Å². The minimum Gasteiger partial charge on any atom is -0.480 e. The van der Waals surface area contributed by atoms with Crippen LogP contribution in [0.25, 0.3) is 0 Å². The van der Waals surface area contributed by atoms with Crippen molar-refractivity contribution in [2.75, 3.05) is 32.7 Å². The molecule has 0 saturated carbocycles. The van der Waals surface area contributed by atoms with Crippen molar-refractivity contribution >= 4 is 47.3 Å². The first kappa shape index (κ1) is 42.4. The highest BCUT2D eigenvalue weighted by molar-refractivity contribution is 5.96. The topological polar surface area (TPSA) is 249 Å². The Kier molecular flexibility index (Phi) is 16.2. The van der Waals surface area contributed by atoms with E-state index in [1.54, 1.807) is 44.2 Å². The molecule has 2 heterocycles. The number of nitrogens with one attached hydrogen (secondary N) is 5. The van der Waals surface area contributed by atoms with Gasteiger partial charge in [0.15, 0.2) is 0 Å². The molecular weight excluding hydrogens is 688 g/mol. The molecule has 1 aromatic carbocycles. The molecular formula is C36H54N8O9. The molecule has 0 unspecified atom stereocenters. The van der Waals surface area contributed by atoms with E-state index in [1.165, 1.54) is 9.80 Å². The van der Waals surface area contributed by atoms with Crippen molar-refractivity contribution in [1.29, 1.82) is 0 Å². The van der Waals surface area contributed by atoms with Crippen molar-refractivity contribution in [3.05, 3.63) is 35.9 Å². The summed E-state index contributed by atoms with van der Waals surface area (Å²) in [5, 5.41) is 22.4. The van der Waals surface area contributed by atoms with Crippen LogP contribution in [0.4, 0.5) is 0 Å². The van der Waals surface area contributed by atoms with Crippen molar-refractivity contribution < 1.29 is 43.5 Å². The summed E-state index contributed by atoms with van der Waals surface area (Å²) in [6, 6.07) is 3.96. The first-order valence-corrected chi connectivity index (χ1v) is 18.1. The number of amides is 7. The summed E-state index contributed by atoms with van der Waals surface area (Å²) in [6.45, 7) is 6.58. The van der Waals surface area contributed by atoms with Crippen molar-refractivity contribution in [2.45, 2.75) is 96.4 Å². The zero-order chi connectivity index (χ0) is 39.2. The summed E-state index contributed by atoms with van der Waals surface area (Å²) in [5.74, 6) is -5.39. The van der Waals surface area contributed by atoms with E-state index in [9.17, 15) is 43.5 Å². The van der Waals surface area contributed by atoms with Gasteiger partial charge in [0.2, 0.25) is 41.4 Å². The smallest absolute Gasteiger partial charge is 0.326 e. The van der Waals surface area contributed by atoms with Crippen molar-refractivity contribution in [3.8, 4) is 0 Å². The highest BCUT2D eigenvalue weighted by atomic mass is 16.4. The molecule has 2 aliphatic heterocycles. The van der Waals surface area contributed by atoms with Crippen molar-refractivity contribution in [2.24, 2.45) is 17.6 Å². The molecule has 0 spiro atoms. The maximum atomic E-state index is 13.7. The first-order chi connectivity index (χ1) is 25.1. The summed E-state index contributed by atoms with van der Waals surface area (Å²) in [6.07, 6.45) is 2.18. The molecule has 2 aliphatic rings. The van der Waals surface area contributed by atoms with Gasteiger partial charge in [0, 0.05) is 19.5 Å². The Morgan fingerprint density at radius 2 is 1.25 bits per heavy atom. The van der Waals surface area contributed by atoms with Crippen LogP contribution in [-0.2, 0) is 44.8 Å². The minimum atomic E-state index is -1.22. The third-order valence-corrected chi connectivity index (χ3v) is 9.21. The average Bonchev–Trinajstić information content (AvgIpc) is 3.82. The molecule has 0 aromatic heterocycles. The van der Waals surface area contributed by atoms with E-state index in [1.807, 2.05) is 13.8 Å². The largest absolute Gasteiger partial charge is 0.480 e. The second-order valence-electron chi connectivity index (χ2n) is 14.2. The maximum absolute atomic E-state index is 13.7. The Balaban J connectivity index is 1.54. The van der Waals surface area contributed by atoms with E-state index < -0.39 is 90.6 Å². The minimum absolute atomic E-state index is 0.0564. The highest BCUT2D eigenvalue weighted by Crippen LogP contribution is 2.22. The fraction of sp³-hybridized carbons (Fsp3) is 0.611. The van der Waals surface area contributed by atoms with Gasteiger partial charge in [-0.15, -0.1) is 0 Å². The Hall–Kier alpha value is -5.06. The zero-order valence-corrected chi connectivity index (χ0v) is 30.9. The summed E-state index contributed by atoms with van der Waals surface area (Å²) >= 11 is 0. The molecule has 0 bridgehead atoms. The quantitative estimate of drug-likeness (QED) is 0.0931. The average molecular weight is 743 g/mol. The number of rotatable bonds is 18. The summed E-state index contributed by atoms with van der Waals surface area (Å²) in [7, 11) is 0. The molecule has 5 atom stereocenters. The lowest BCUT2D eigenvalue weighted by Gasteiger charge is -2.31. The molecule has 1 aromatic rings. The van der Waals surface area contributed by atoms with E-state index >= 15 is 0 Å². The van der Waals surface area contributed by atoms with E-state index in [2.05, 4.69) is 26.6 Å². The van der Waals surface area contributed by atoms with Gasteiger partial charge < -0.3 is 47.2 Å². The van der Waals surface area contributed by atoms with Gasteiger partial charge in [-0.05, 0) is 49.5 Å². The van der Waals surface area contributed by atoms with Crippen LogP contribution < -0.4 is 32.3 Å². The number of hydrogen-bond donors (Lipinski definition) is 7. The number of carboxylic acid groups (broad SMARTS) is 1. The van der Waals surface area contributed by atoms with Crippen LogP contribution in [0.5, 0.6) is 0 Å². The maximum Gasteiger partial charge on any atom is 0.326 e. The SMILES string of the molecule is CC(C)C[C@H](NC(=O)CN)C(=O)N1CCC[C@H]1C(=O)NCC(=O)N[C@H](C(=O)N1CCC[C@H]1C(=O)NCC(=O)N[C@@H](Cc1ccccc1)C(=O)O)C(C)C. The van der Waals surface area contributed by atoms with Gasteiger partial charge in [0.1, 0.15) is 30.2 Å². The standard InChI is InChI=1S/C36H54N8O9/c1-21(2)16-24(40-28(45)18-37)34(50)43-14-8-12-26(43)32(48)39-20-30(47)42-31(22(3)4)35(51)44-15-9-13-27(44)33(49)38-19-29(46)41-25(36(52)53)17-23-10-6-5-7-11-23/h5-7,10-11,21-22,24-27,31H,8-9,12-20,37H2,1-4H3,(H,38,49)(H,39,48)(H,40,45)(H,41,46)(H,42,47)(H,52,53)/t24-,25-,26-,27-,31-/m0/s1. The summed E-state index contributed by atoms with van der Waals surface area (Å²) in [4.78, 5) is 105. The van der Waals surface area contributed by atoms with Crippen molar-refractivity contribution in [1.82, 2.24) is 36.4 Å². The molecule has 17 heteroatoms. The monoisotopic (exact) mass is 742 g/mol. The van der Waals surface area contributed by atoms with Gasteiger partial charge in [0.05, 0.1) is 19.6 Å². The molecule has 17 nitrogen and oxygen atoms in total.